The molecular weight excluding hydrogens is 871 g/mol. The quantitative estimate of drug-likeness (QED) is 0.0969. The van der Waals surface area contributed by atoms with Crippen molar-refractivity contribution in [2.75, 3.05) is 13.2 Å². The first-order valence-electron chi connectivity index (χ1n) is 28.2. The van der Waals surface area contributed by atoms with Gasteiger partial charge in [-0.25, -0.2) is 0 Å². The van der Waals surface area contributed by atoms with Crippen molar-refractivity contribution in [2.24, 2.45) is 69.8 Å². The van der Waals surface area contributed by atoms with Crippen molar-refractivity contribution in [3.05, 3.63) is 46.8 Å². The van der Waals surface area contributed by atoms with Gasteiger partial charge in [0.25, 0.3) is 0 Å². The van der Waals surface area contributed by atoms with E-state index in [4.69, 9.17) is 10.5 Å². The number of dihydropyridines is 1. The summed E-state index contributed by atoms with van der Waals surface area (Å²) >= 11 is 0. The van der Waals surface area contributed by atoms with Gasteiger partial charge in [0.2, 0.25) is 0 Å². The van der Waals surface area contributed by atoms with E-state index in [0.717, 1.165) is 81.9 Å². The molecule has 1 saturated heterocycles. The van der Waals surface area contributed by atoms with Crippen LogP contribution < -0.4 is 16.4 Å². The third kappa shape index (κ3) is 8.04. The van der Waals surface area contributed by atoms with Gasteiger partial charge in [-0.05, 0) is 174 Å². The van der Waals surface area contributed by atoms with Crippen molar-refractivity contribution >= 4 is 5.78 Å². The third-order valence-corrected chi connectivity index (χ3v) is 21.4. The molecule has 0 aromatic carbocycles. The van der Waals surface area contributed by atoms with Gasteiger partial charge in [-0.15, -0.1) is 0 Å². The lowest BCUT2D eigenvalue weighted by Gasteiger charge is -2.67. The van der Waals surface area contributed by atoms with Crippen LogP contribution in [0.2, 0.25) is 0 Å². The molecule has 0 aromatic rings. The predicted octanol–water partition coefficient (Wildman–Crippen LogP) is 6.35. The van der Waals surface area contributed by atoms with Crippen LogP contribution in [-0.4, -0.2) is 108 Å². The van der Waals surface area contributed by atoms with E-state index in [2.05, 4.69) is 35.8 Å². The van der Waals surface area contributed by atoms with Crippen molar-refractivity contribution in [2.45, 2.75) is 222 Å². The maximum absolute atomic E-state index is 15.9. The van der Waals surface area contributed by atoms with Crippen LogP contribution in [0.1, 0.15) is 168 Å². The molecule has 0 aromatic heterocycles. The van der Waals surface area contributed by atoms with Gasteiger partial charge in [0.05, 0.1) is 53.6 Å². The molecule has 2 aliphatic heterocycles. The zero-order valence-corrected chi connectivity index (χ0v) is 42.2. The number of rotatable bonds is 12. The minimum atomic E-state index is -1.66. The SMILES string of the molecule is CCC[C@@H]1CC[C@H]2[C@@H]3CCCC[C@](O)([C@](C)(O)[C@H]4CC[C@@]5(O)C6=C(NC[C@H](C)O)C(=O)[C@@H]7C[C@@H](O)[C@@H](O)C[C@@]78C[C@H](C7=C(CCCO)NC(N)C=C7)C=C[C@H](C[C@]45C4CCCCC4)[C@@H]68)[C@@H]3O[C@@H]2CC1. The van der Waals surface area contributed by atoms with Crippen LogP contribution in [-0.2, 0) is 9.53 Å². The normalized spacial score (nSPS) is 46.8. The fourth-order valence-corrected chi connectivity index (χ4v) is 18.6. The summed E-state index contributed by atoms with van der Waals surface area (Å²) in [5.41, 5.74) is 2.81. The molecule has 69 heavy (non-hydrogen) atoms. The minimum absolute atomic E-state index is 0.00675. The highest BCUT2D eigenvalue weighted by Crippen LogP contribution is 2.76. The summed E-state index contributed by atoms with van der Waals surface area (Å²) in [6.45, 7) is 5.99. The minimum Gasteiger partial charge on any atom is -0.396 e. The summed E-state index contributed by atoms with van der Waals surface area (Å²) in [6, 6.07) is 0. The van der Waals surface area contributed by atoms with E-state index in [1.165, 1.54) is 19.3 Å². The van der Waals surface area contributed by atoms with Gasteiger partial charge in [-0.3, -0.25) is 4.79 Å². The number of hydrogen-bond acceptors (Lipinski definition) is 12. The number of ether oxygens (including phenoxy) is 1. The van der Waals surface area contributed by atoms with Crippen LogP contribution >= 0.6 is 0 Å². The van der Waals surface area contributed by atoms with E-state index in [-0.39, 0.29) is 67.7 Å². The lowest BCUT2D eigenvalue weighted by molar-refractivity contribution is -0.265. The number of hydrogen-bond donors (Lipinski definition) is 10. The second-order valence-corrected chi connectivity index (χ2v) is 25.0. The number of nitrogens with one attached hydrogen (secondary N) is 2. The lowest BCUT2D eigenvalue weighted by Crippen LogP contribution is -2.72. The molecule has 12 heteroatoms. The number of ketones is 1. The summed E-state index contributed by atoms with van der Waals surface area (Å²) in [6.07, 6.45) is 22.9. The molecule has 19 atom stereocenters. The highest BCUT2D eigenvalue weighted by Gasteiger charge is 2.78. The maximum Gasteiger partial charge on any atom is 0.182 e. The number of aliphatic hydroxyl groups excluding tert-OH is 4. The van der Waals surface area contributed by atoms with E-state index >= 15 is 4.79 Å². The Morgan fingerprint density at radius 3 is 2.45 bits per heavy atom. The lowest BCUT2D eigenvalue weighted by atomic mass is 9.38. The van der Waals surface area contributed by atoms with Gasteiger partial charge >= 0.3 is 0 Å². The molecule has 386 valence electrons. The Morgan fingerprint density at radius 1 is 0.928 bits per heavy atom. The van der Waals surface area contributed by atoms with Gasteiger partial charge in [0.1, 0.15) is 5.60 Å². The van der Waals surface area contributed by atoms with Gasteiger partial charge in [0, 0.05) is 36.1 Å². The average molecular weight is 960 g/mol. The van der Waals surface area contributed by atoms with E-state index in [9.17, 15) is 35.7 Å². The smallest absolute Gasteiger partial charge is 0.182 e. The number of allylic oxidation sites excluding steroid dienone is 6. The molecular formula is C57H89N3O9. The Balaban J connectivity index is 1.15. The number of aliphatic hydroxyl groups is 7. The van der Waals surface area contributed by atoms with Crippen LogP contribution in [0.3, 0.4) is 0 Å². The standard InChI is InChI=1S/C57H89N3O9/c1-4-11-34-16-20-39-40-14-8-9-25-57(68,52(40)69-45(39)22-17-34)53(3,66)46-24-26-56(67)49-48-36(30-55(46,56)37-12-6-5-7-13-37)19-18-35(38-21-23-47(58)60-42(38)15-10-27-61)29-54(48)31-44(64)43(63)28-41(54)51(65)50(49)59-32-33(2)62/h18-19,21,23,33-37,39-41,43-48,52,59-64,66-68H,4-17,20,22,24-32,58H2,1-3H3/t33-,34+,35+,36+,39-,40-,41-,43+,44-,45+,46+,47?,48-,52+,53+,54-,55-,56+,57+/m0/s1. The van der Waals surface area contributed by atoms with E-state index in [1.807, 2.05) is 13.0 Å². The van der Waals surface area contributed by atoms with E-state index in [0.29, 0.717) is 68.1 Å². The Morgan fingerprint density at radius 2 is 1.70 bits per heavy atom. The summed E-state index contributed by atoms with van der Waals surface area (Å²) in [5.74, 6) is -1.03. The molecule has 1 unspecified atom stereocenters. The molecule has 6 saturated carbocycles. The van der Waals surface area contributed by atoms with E-state index < -0.39 is 69.8 Å². The molecule has 1 spiro atoms. The van der Waals surface area contributed by atoms with Gasteiger partial charge in [0.15, 0.2) is 5.78 Å². The maximum atomic E-state index is 15.9. The first-order valence-corrected chi connectivity index (χ1v) is 28.2. The Kier molecular flexibility index (Phi) is 14.1. The molecule has 0 radical (unpaired) electrons. The predicted molar refractivity (Wildman–Crippen MR) is 265 cm³/mol. The zero-order chi connectivity index (χ0) is 48.7. The summed E-state index contributed by atoms with van der Waals surface area (Å²) in [4.78, 5) is 15.9. The van der Waals surface area contributed by atoms with Crippen molar-refractivity contribution in [1.82, 2.24) is 10.6 Å². The third-order valence-electron chi connectivity index (χ3n) is 21.4. The Hall–Kier alpha value is -2.13. The molecule has 7 fully saturated rings. The number of fused-ring (bicyclic) bond motifs is 5. The number of carbonyl (C=O) groups excluding carboxylic acids is 1. The monoisotopic (exact) mass is 960 g/mol. The molecule has 10 rings (SSSR count). The average Bonchev–Trinajstić information content (AvgIpc) is 3.61. The van der Waals surface area contributed by atoms with Crippen molar-refractivity contribution in [3.8, 4) is 0 Å². The van der Waals surface area contributed by atoms with Crippen LogP contribution in [0.15, 0.2) is 46.8 Å². The summed E-state index contributed by atoms with van der Waals surface area (Å²) in [5, 5.41) is 93.8. The summed E-state index contributed by atoms with van der Waals surface area (Å²) in [7, 11) is 0. The fraction of sp³-hybridized carbons (Fsp3) is 0.842. The van der Waals surface area contributed by atoms with Crippen molar-refractivity contribution in [1.29, 1.82) is 0 Å². The highest BCUT2D eigenvalue weighted by atomic mass is 16.5. The first-order chi connectivity index (χ1) is 33.0. The van der Waals surface area contributed by atoms with Crippen LogP contribution in [0.25, 0.3) is 0 Å². The Labute approximate surface area is 412 Å². The zero-order valence-electron chi connectivity index (χ0n) is 42.2. The van der Waals surface area contributed by atoms with Gasteiger partial charge < -0.3 is 56.8 Å². The largest absolute Gasteiger partial charge is 0.396 e. The van der Waals surface area contributed by atoms with Crippen LogP contribution in [0.4, 0.5) is 0 Å². The molecule has 0 amide bonds. The molecule has 2 heterocycles. The molecule has 8 aliphatic carbocycles. The van der Waals surface area contributed by atoms with Crippen LogP contribution in [0, 0.1) is 64.1 Å². The second kappa shape index (κ2) is 19.3. The second-order valence-electron chi connectivity index (χ2n) is 25.0. The van der Waals surface area contributed by atoms with E-state index in [1.54, 1.807) is 6.92 Å². The molecule has 11 N–H and O–H groups in total. The fourth-order valence-electron chi connectivity index (χ4n) is 18.6. The Bertz CT molecular complexity index is 2030. The van der Waals surface area contributed by atoms with Gasteiger partial charge in [-0.2, -0.15) is 0 Å². The van der Waals surface area contributed by atoms with Crippen molar-refractivity contribution < 1.29 is 45.3 Å². The number of Topliss-reactive ketones (excluding diaryl/α,β-unsaturated/α-hetero) is 1. The molecule has 0 bridgehead atoms. The highest BCUT2D eigenvalue weighted by molar-refractivity contribution is 6.00. The number of nitrogens with two attached hydrogens (primary N) is 1. The number of carbonyl (C=O) groups is 1. The van der Waals surface area contributed by atoms with Crippen molar-refractivity contribution in [3.63, 3.8) is 0 Å². The van der Waals surface area contributed by atoms with Gasteiger partial charge in [-0.1, -0.05) is 76.5 Å². The topological polar surface area (TPSA) is 218 Å². The molecule has 12 nitrogen and oxygen atoms in total. The molecule has 10 aliphatic rings. The summed E-state index contributed by atoms with van der Waals surface area (Å²) < 4.78 is 7.24. The van der Waals surface area contributed by atoms with Crippen LogP contribution in [0.5, 0.6) is 0 Å². The first kappa shape index (κ1) is 50.4.